The van der Waals surface area contributed by atoms with E-state index in [9.17, 15) is 14.0 Å². The second-order valence-corrected chi connectivity index (χ2v) is 6.69. The van der Waals surface area contributed by atoms with Crippen molar-refractivity contribution in [2.24, 2.45) is 10.9 Å². The van der Waals surface area contributed by atoms with Crippen LogP contribution in [-0.4, -0.2) is 42.9 Å². The van der Waals surface area contributed by atoms with Crippen molar-refractivity contribution in [2.45, 2.75) is 73.6 Å². The van der Waals surface area contributed by atoms with Crippen molar-refractivity contribution in [1.29, 1.82) is 0 Å². The average molecular weight is 450 g/mol. The van der Waals surface area contributed by atoms with E-state index in [0.717, 1.165) is 50.9 Å². The summed E-state index contributed by atoms with van der Waals surface area (Å²) in [4.78, 5) is 28.3. The fourth-order valence-corrected chi connectivity index (χ4v) is 2.98. The lowest BCUT2D eigenvalue weighted by molar-refractivity contribution is -0.111. The Bertz CT molecular complexity index is 648. The van der Waals surface area contributed by atoms with Crippen molar-refractivity contribution < 1.29 is 14.0 Å². The van der Waals surface area contributed by atoms with Crippen molar-refractivity contribution in [3.8, 4) is 0 Å². The van der Waals surface area contributed by atoms with E-state index in [-0.39, 0.29) is 11.7 Å². The van der Waals surface area contributed by atoms with Crippen LogP contribution in [0.3, 0.4) is 0 Å². The third-order valence-electron chi connectivity index (χ3n) is 4.74. The Kier molecular flexibility index (Phi) is 23.2. The van der Waals surface area contributed by atoms with Gasteiger partial charge in [0.25, 0.3) is 0 Å². The minimum atomic E-state index is -0.201. The summed E-state index contributed by atoms with van der Waals surface area (Å²) in [6.07, 6.45) is 8.50. The summed E-state index contributed by atoms with van der Waals surface area (Å²) in [5.41, 5.74) is 1.71. The molecule has 0 bridgehead atoms. The van der Waals surface area contributed by atoms with Gasteiger partial charge in [-0.1, -0.05) is 59.7 Å². The predicted octanol–water partition coefficient (Wildman–Crippen LogP) is 5.80. The fourth-order valence-electron chi connectivity index (χ4n) is 2.98. The monoisotopic (exact) mass is 449 g/mol. The smallest absolute Gasteiger partial charge is 0.211 e. The molecule has 5 nitrogen and oxygen atoms in total. The van der Waals surface area contributed by atoms with Crippen LogP contribution in [0.5, 0.6) is 0 Å². The molecule has 0 fully saturated rings. The normalized spacial score (nSPS) is 11.8. The Morgan fingerprint density at radius 1 is 1.12 bits per heavy atom. The molecule has 0 aliphatic heterocycles. The number of aliphatic imine (C=N–C) groups is 1. The van der Waals surface area contributed by atoms with E-state index < -0.39 is 0 Å². The van der Waals surface area contributed by atoms with Crippen LogP contribution in [0.15, 0.2) is 41.7 Å². The van der Waals surface area contributed by atoms with E-state index in [4.69, 9.17) is 0 Å². The third kappa shape index (κ3) is 15.5. The summed E-state index contributed by atoms with van der Waals surface area (Å²) < 4.78 is 13.7. The molecule has 1 unspecified atom stereocenters. The summed E-state index contributed by atoms with van der Waals surface area (Å²) in [5.74, 6) is -0.247. The van der Waals surface area contributed by atoms with E-state index in [1.165, 1.54) is 12.3 Å². The Hall–Kier alpha value is -2.34. The largest absolute Gasteiger partial charge is 0.334 e. The molecule has 182 valence electrons. The van der Waals surface area contributed by atoms with Gasteiger partial charge in [0.1, 0.15) is 12.1 Å². The van der Waals surface area contributed by atoms with Crippen LogP contribution in [0, 0.1) is 11.7 Å². The van der Waals surface area contributed by atoms with E-state index in [2.05, 4.69) is 29.1 Å². The van der Waals surface area contributed by atoms with Crippen LogP contribution in [0.25, 0.3) is 0 Å². The number of aryl methyl sites for hydroxylation is 1. The van der Waals surface area contributed by atoms with Crippen LogP contribution in [0.2, 0.25) is 0 Å². The van der Waals surface area contributed by atoms with Crippen molar-refractivity contribution in [1.82, 2.24) is 10.2 Å². The van der Waals surface area contributed by atoms with E-state index in [1.807, 2.05) is 33.8 Å². The lowest BCUT2D eigenvalue weighted by Crippen LogP contribution is -2.30. The second-order valence-electron chi connectivity index (χ2n) is 6.69. The van der Waals surface area contributed by atoms with Crippen LogP contribution >= 0.6 is 0 Å². The first-order chi connectivity index (χ1) is 15.6. The maximum atomic E-state index is 13.7. The maximum absolute atomic E-state index is 13.7. The Morgan fingerprint density at radius 2 is 1.81 bits per heavy atom. The minimum Gasteiger partial charge on any atom is -0.334 e. The van der Waals surface area contributed by atoms with Gasteiger partial charge in [0.05, 0.1) is 0 Å². The van der Waals surface area contributed by atoms with Gasteiger partial charge in [-0.25, -0.2) is 4.39 Å². The molecule has 1 rings (SSSR count). The molecule has 1 amide bonds. The lowest BCUT2D eigenvalue weighted by Gasteiger charge is -2.21. The molecule has 6 heteroatoms. The average Bonchev–Trinajstić information content (AvgIpc) is 2.85. The molecule has 0 saturated carbocycles. The molecule has 0 radical (unpaired) electrons. The third-order valence-corrected chi connectivity index (χ3v) is 4.74. The molecule has 1 aromatic rings. The standard InChI is InChI=1S/C22H32FN3O2.2C2H6/c1-3-21(25-14-13-24-18-28)16-26(4-2)15-7-8-19(17-27)11-12-20-9-5-6-10-22(20)23;2*1-2/h5-6,9-10,13-14,17-19H,3-4,7-8,11-12,15-16H2,1-2H3,(H,24,28);2*1-2H3/b14-13-,25-21?;;. The number of nitrogens with one attached hydrogen (secondary N) is 1. The summed E-state index contributed by atoms with van der Waals surface area (Å²) in [7, 11) is 0. The highest BCUT2D eigenvalue weighted by molar-refractivity contribution is 5.86. The number of rotatable bonds is 15. The number of benzene rings is 1. The fraction of sp³-hybridized carbons (Fsp3) is 0.577. The molecule has 0 heterocycles. The quantitative estimate of drug-likeness (QED) is 0.272. The topological polar surface area (TPSA) is 61.8 Å². The van der Waals surface area contributed by atoms with Crippen LogP contribution in [0.1, 0.15) is 72.8 Å². The first-order valence-electron chi connectivity index (χ1n) is 12.0. The van der Waals surface area contributed by atoms with Gasteiger partial charge in [-0.05, 0) is 56.8 Å². The molecule has 0 saturated heterocycles. The summed E-state index contributed by atoms with van der Waals surface area (Å²) in [6, 6.07) is 6.74. The number of nitrogens with zero attached hydrogens (tertiary/aromatic N) is 2. The van der Waals surface area contributed by atoms with E-state index in [1.54, 1.807) is 18.3 Å². The number of amides is 1. The molecule has 1 aromatic carbocycles. The lowest BCUT2D eigenvalue weighted by atomic mass is 9.96. The number of carbonyl (C=O) groups excluding carboxylic acids is 2. The van der Waals surface area contributed by atoms with Crippen LogP contribution < -0.4 is 5.32 Å². The van der Waals surface area contributed by atoms with Gasteiger partial charge in [0.15, 0.2) is 0 Å². The highest BCUT2D eigenvalue weighted by Gasteiger charge is 2.11. The molecule has 0 aliphatic carbocycles. The van der Waals surface area contributed by atoms with Gasteiger partial charge in [0.2, 0.25) is 6.41 Å². The number of aldehydes is 1. The minimum absolute atomic E-state index is 0.0463. The molecule has 1 atom stereocenters. The zero-order chi connectivity index (χ0) is 24.6. The zero-order valence-electron chi connectivity index (χ0n) is 20.9. The van der Waals surface area contributed by atoms with Crippen LogP contribution in [0.4, 0.5) is 4.39 Å². The van der Waals surface area contributed by atoms with Crippen molar-refractivity contribution >= 4 is 18.4 Å². The van der Waals surface area contributed by atoms with Crippen molar-refractivity contribution in [3.05, 3.63) is 48.0 Å². The molecular formula is C26H44FN3O2. The highest BCUT2D eigenvalue weighted by atomic mass is 19.1. The number of halogens is 1. The molecule has 0 aliphatic rings. The highest BCUT2D eigenvalue weighted by Crippen LogP contribution is 2.16. The molecule has 0 spiro atoms. The Balaban J connectivity index is 0. The van der Waals surface area contributed by atoms with Gasteiger partial charge < -0.3 is 10.1 Å². The van der Waals surface area contributed by atoms with E-state index in [0.29, 0.717) is 24.8 Å². The summed E-state index contributed by atoms with van der Waals surface area (Å²) in [6.45, 7) is 14.7. The second kappa shape index (κ2) is 23.3. The SMILES string of the molecule is CC.CC.CCC(CN(CC)CCCC(C=O)CCc1ccccc1F)=N/C=C\NC=O. The van der Waals surface area contributed by atoms with Gasteiger partial charge in [-0.3, -0.25) is 14.7 Å². The Morgan fingerprint density at radius 3 is 2.38 bits per heavy atom. The summed E-state index contributed by atoms with van der Waals surface area (Å²) >= 11 is 0. The van der Waals surface area contributed by atoms with Gasteiger partial charge in [-0.2, -0.15) is 0 Å². The number of carbonyl (C=O) groups is 2. The van der Waals surface area contributed by atoms with Crippen molar-refractivity contribution in [2.75, 3.05) is 19.6 Å². The van der Waals surface area contributed by atoms with Crippen molar-refractivity contribution in [3.63, 3.8) is 0 Å². The van der Waals surface area contributed by atoms with Gasteiger partial charge in [-0.15, -0.1) is 0 Å². The molecule has 0 aromatic heterocycles. The molecule has 32 heavy (non-hydrogen) atoms. The molecular weight excluding hydrogens is 405 g/mol. The number of hydrogen-bond acceptors (Lipinski definition) is 4. The molecule has 1 N–H and O–H groups in total. The first kappa shape index (κ1) is 31.8. The number of hydrogen-bond donors (Lipinski definition) is 1. The Labute approximate surface area is 195 Å². The zero-order valence-corrected chi connectivity index (χ0v) is 20.9. The maximum Gasteiger partial charge on any atom is 0.211 e. The van der Waals surface area contributed by atoms with E-state index >= 15 is 0 Å². The predicted molar refractivity (Wildman–Crippen MR) is 134 cm³/mol. The van der Waals surface area contributed by atoms with Gasteiger partial charge >= 0.3 is 0 Å². The van der Waals surface area contributed by atoms with Crippen LogP contribution in [-0.2, 0) is 16.0 Å². The first-order valence-corrected chi connectivity index (χ1v) is 12.0. The summed E-state index contributed by atoms with van der Waals surface area (Å²) in [5, 5.41) is 2.44. The van der Waals surface area contributed by atoms with Gasteiger partial charge in [0, 0.05) is 30.6 Å².